The Morgan fingerprint density at radius 3 is 2.40 bits per heavy atom. The van der Waals surface area contributed by atoms with E-state index < -0.39 is 8.07 Å². The maximum atomic E-state index is 14.6. The lowest BCUT2D eigenvalue weighted by atomic mass is 9.86. The molecule has 0 fully saturated rings. The van der Waals surface area contributed by atoms with Gasteiger partial charge in [0.05, 0.1) is 45.2 Å². The fraction of sp³-hybridized carbons (Fsp3) is 0.318. The maximum Gasteiger partial charge on any atom is 0.263 e. The van der Waals surface area contributed by atoms with Gasteiger partial charge in [-0.25, -0.2) is 0 Å². The molecule has 0 bridgehead atoms. The Labute approximate surface area is 311 Å². The number of carbonyl (C=O) groups excluding carboxylic acids is 2. The number of hydrogen-bond acceptors (Lipinski definition) is 6. The van der Waals surface area contributed by atoms with Gasteiger partial charge >= 0.3 is 0 Å². The summed E-state index contributed by atoms with van der Waals surface area (Å²) in [6, 6.07) is 33.9. The number of carbonyl (C=O) groups is 2. The second-order valence-corrected chi connectivity index (χ2v) is 20.0. The van der Waals surface area contributed by atoms with Gasteiger partial charge in [-0.3, -0.25) is 14.5 Å². The van der Waals surface area contributed by atoms with E-state index in [4.69, 9.17) is 14.2 Å². The number of hydrogen-bond donors (Lipinski definition) is 1. The summed E-state index contributed by atoms with van der Waals surface area (Å²) in [4.78, 5) is 32.1. The van der Waals surface area contributed by atoms with Crippen molar-refractivity contribution in [2.45, 2.75) is 63.2 Å². The third kappa shape index (κ3) is 5.91. The molecule has 8 rings (SSSR count). The summed E-state index contributed by atoms with van der Waals surface area (Å²) < 4.78 is 18.9. The number of aliphatic hydroxyl groups is 1. The first-order chi connectivity index (χ1) is 25.6. The zero-order valence-corrected chi connectivity index (χ0v) is 31.9. The van der Waals surface area contributed by atoms with E-state index >= 15 is 0 Å². The Balaban J connectivity index is 1.16. The van der Waals surface area contributed by atoms with Gasteiger partial charge < -0.3 is 24.2 Å². The Morgan fingerprint density at radius 2 is 1.68 bits per heavy atom. The SMILES string of the molecule is COc1ccc([Si](C)(C)C(CC(=O)N2Cc3ccccc3C[C@H]2CO)[C@H]2Oc3ccc(N4C(=O)c5cccc6cccc4c56)cc3[C@@H](OC)[C@@H]2C)cc1. The van der Waals surface area contributed by atoms with Gasteiger partial charge in [0.2, 0.25) is 5.91 Å². The summed E-state index contributed by atoms with van der Waals surface area (Å²) >= 11 is 0. The zero-order valence-electron chi connectivity index (χ0n) is 30.9. The summed E-state index contributed by atoms with van der Waals surface area (Å²) in [5, 5.41) is 13.7. The smallest absolute Gasteiger partial charge is 0.263 e. The average Bonchev–Trinajstić information content (AvgIpc) is 3.48. The third-order valence-corrected chi connectivity index (χ3v) is 16.3. The highest BCUT2D eigenvalue weighted by molar-refractivity contribution is 6.91. The molecule has 9 heteroatoms. The quantitative estimate of drug-likeness (QED) is 0.158. The number of ether oxygens (including phenoxy) is 3. The number of amides is 2. The molecule has 0 saturated carbocycles. The number of fused-ring (bicyclic) bond motifs is 2. The molecule has 3 heterocycles. The molecule has 0 saturated heterocycles. The summed E-state index contributed by atoms with van der Waals surface area (Å²) in [5.41, 5.74) is 5.36. The van der Waals surface area contributed by atoms with E-state index in [0.29, 0.717) is 24.3 Å². The Bertz CT molecular complexity index is 2200. The largest absolute Gasteiger partial charge is 0.497 e. The van der Waals surface area contributed by atoms with Gasteiger partial charge in [0.15, 0.2) is 0 Å². The fourth-order valence-electron chi connectivity index (χ4n) is 9.04. The standard InChI is InChI=1S/C44H46N2O6Si/c1-27-42(51-3)36-23-31(46-37-15-9-13-28-12-8-14-35(41(28)37)44(46)49)16-21-38(36)52-43(27)39(53(4,5)34-19-17-33(50-2)18-20-34)24-40(48)45-25-30-11-7-6-10-29(30)22-32(45)26-47/h6-21,23,27,32,39,42-43,47H,22,24-26H2,1-5H3/t27-,32-,39?,42-,43-/m0/s1. The average molecular weight is 727 g/mol. The Hall–Kier alpha value is -4.96. The van der Waals surface area contributed by atoms with Crippen LogP contribution in [0.2, 0.25) is 18.6 Å². The van der Waals surface area contributed by atoms with Crippen LogP contribution in [0.5, 0.6) is 11.5 Å². The monoisotopic (exact) mass is 726 g/mol. The minimum absolute atomic E-state index is 0.0184. The Morgan fingerprint density at radius 1 is 0.943 bits per heavy atom. The highest BCUT2D eigenvalue weighted by atomic mass is 28.3. The van der Waals surface area contributed by atoms with Crippen LogP contribution in [0.3, 0.4) is 0 Å². The van der Waals surface area contributed by atoms with E-state index in [1.807, 2.05) is 83.8 Å². The normalized spacial score (nSPS) is 21.2. The van der Waals surface area contributed by atoms with Crippen molar-refractivity contribution < 1.29 is 28.9 Å². The Kier molecular flexibility index (Phi) is 9.13. The van der Waals surface area contributed by atoms with Crippen molar-refractivity contribution in [1.82, 2.24) is 4.90 Å². The first kappa shape index (κ1) is 35.1. The number of aliphatic hydroxyl groups excluding tert-OH is 1. The predicted molar refractivity (Wildman–Crippen MR) is 210 cm³/mol. The molecule has 0 radical (unpaired) electrons. The highest BCUT2D eigenvalue weighted by Gasteiger charge is 2.49. The molecule has 1 N–H and O–H groups in total. The number of benzene rings is 5. The van der Waals surface area contributed by atoms with Gasteiger partial charge in [-0.05, 0) is 65.4 Å². The van der Waals surface area contributed by atoms with E-state index in [1.165, 1.54) is 10.8 Å². The van der Waals surface area contributed by atoms with E-state index in [2.05, 4.69) is 44.3 Å². The lowest BCUT2D eigenvalue weighted by Crippen LogP contribution is -2.56. The van der Waals surface area contributed by atoms with Crippen molar-refractivity contribution in [3.8, 4) is 11.5 Å². The van der Waals surface area contributed by atoms with E-state index in [-0.39, 0.29) is 54.6 Å². The van der Waals surface area contributed by atoms with Crippen LogP contribution in [0.4, 0.5) is 11.4 Å². The molecular weight excluding hydrogens is 681 g/mol. The van der Waals surface area contributed by atoms with Crippen molar-refractivity contribution in [3.05, 3.63) is 125 Å². The van der Waals surface area contributed by atoms with Gasteiger partial charge in [-0.1, -0.05) is 85.9 Å². The van der Waals surface area contributed by atoms with Crippen molar-refractivity contribution in [2.24, 2.45) is 5.92 Å². The van der Waals surface area contributed by atoms with Crippen LogP contribution in [0, 0.1) is 5.92 Å². The molecule has 3 aliphatic rings. The fourth-order valence-corrected chi connectivity index (χ4v) is 12.4. The number of rotatable bonds is 9. The molecule has 2 amide bonds. The zero-order chi connectivity index (χ0) is 37.0. The molecule has 1 unspecified atom stereocenters. The van der Waals surface area contributed by atoms with Crippen LogP contribution in [0.15, 0.2) is 103 Å². The molecule has 5 aromatic rings. The topological polar surface area (TPSA) is 88.5 Å². The van der Waals surface area contributed by atoms with Crippen LogP contribution in [0.1, 0.15) is 46.5 Å². The summed E-state index contributed by atoms with van der Waals surface area (Å²) in [6.07, 6.45) is 0.207. The second-order valence-electron chi connectivity index (χ2n) is 15.2. The summed E-state index contributed by atoms with van der Waals surface area (Å²) in [6.45, 7) is 7.15. The lowest BCUT2D eigenvalue weighted by Gasteiger charge is -2.46. The van der Waals surface area contributed by atoms with Crippen LogP contribution >= 0.6 is 0 Å². The molecule has 5 atom stereocenters. The number of anilines is 2. The minimum Gasteiger partial charge on any atom is -0.497 e. The summed E-state index contributed by atoms with van der Waals surface area (Å²) in [5.74, 6) is 1.32. The van der Waals surface area contributed by atoms with E-state index in [1.54, 1.807) is 19.1 Å². The van der Waals surface area contributed by atoms with Gasteiger partial charge in [0.25, 0.3) is 5.91 Å². The molecule has 0 aromatic heterocycles. The number of nitrogens with zero attached hydrogens (tertiary/aromatic N) is 2. The van der Waals surface area contributed by atoms with Gasteiger partial charge in [0, 0.05) is 48.2 Å². The molecule has 3 aliphatic heterocycles. The molecule has 272 valence electrons. The van der Waals surface area contributed by atoms with Crippen LogP contribution < -0.4 is 19.6 Å². The second kappa shape index (κ2) is 13.8. The number of methoxy groups -OCH3 is 2. The lowest BCUT2D eigenvalue weighted by molar-refractivity contribution is -0.136. The first-order valence-electron chi connectivity index (χ1n) is 18.5. The molecule has 53 heavy (non-hydrogen) atoms. The first-order valence-corrected chi connectivity index (χ1v) is 21.5. The highest BCUT2D eigenvalue weighted by Crippen LogP contribution is 2.50. The van der Waals surface area contributed by atoms with E-state index in [0.717, 1.165) is 39.0 Å². The van der Waals surface area contributed by atoms with Crippen LogP contribution in [-0.2, 0) is 22.5 Å². The minimum atomic E-state index is -2.47. The summed E-state index contributed by atoms with van der Waals surface area (Å²) in [7, 11) is 0.916. The molecular formula is C44H46N2O6Si. The van der Waals surface area contributed by atoms with Crippen molar-refractivity contribution in [3.63, 3.8) is 0 Å². The molecule has 8 nitrogen and oxygen atoms in total. The molecule has 0 spiro atoms. The van der Waals surface area contributed by atoms with E-state index in [9.17, 15) is 14.7 Å². The maximum absolute atomic E-state index is 14.6. The predicted octanol–water partition coefficient (Wildman–Crippen LogP) is 7.55. The van der Waals surface area contributed by atoms with Crippen molar-refractivity contribution in [2.75, 3.05) is 25.7 Å². The van der Waals surface area contributed by atoms with Gasteiger partial charge in [-0.2, -0.15) is 0 Å². The van der Waals surface area contributed by atoms with Gasteiger partial charge in [-0.15, -0.1) is 0 Å². The molecule has 5 aromatic carbocycles. The van der Waals surface area contributed by atoms with Gasteiger partial charge in [0.1, 0.15) is 17.6 Å². The van der Waals surface area contributed by atoms with Crippen LogP contribution in [0.25, 0.3) is 10.8 Å². The van der Waals surface area contributed by atoms with Crippen LogP contribution in [-0.4, -0.2) is 62.9 Å². The molecule has 0 aliphatic carbocycles. The van der Waals surface area contributed by atoms with Crippen molar-refractivity contribution >= 4 is 47.2 Å². The third-order valence-electron chi connectivity index (χ3n) is 12.1. The van der Waals surface area contributed by atoms with Crippen molar-refractivity contribution in [1.29, 1.82) is 0 Å².